The molecule has 0 spiro atoms. The maximum Gasteiger partial charge on any atom is 0.311 e. The lowest BCUT2D eigenvalue weighted by atomic mass is 9.97. The first-order chi connectivity index (χ1) is 17.3. The molecule has 0 radical (unpaired) electrons. The van der Waals surface area contributed by atoms with E-state index in [1.807, 2.05) is 18.2 Å². The highest BCUT2D eigenvalue weighted by Crippen LogP contribution is 2.35. The Morgan fingerprint density at radius 2 is 1.78 bits per heavy atom. The van der Waals surface area contributed by atoms with Crippen LogP contribution in [0.2, 0.25) is 0 Å². The van der Waals surface area contributed by atoms with E-state index < -0.39 is 14.9 Å². The molecule has 2 atom stereocenters. The van der Waals surface area contributed by atoms with E-state index in [0.717, 1.165) is 36.1 Å². The third-order valence-corrected chi connectivity index (χ3v) is 8.43. The van der Waals surface area contributed by atoms with E-state index >= 15 is 0 Å². The second-order valence-corrected chi connectivity index (χ2v) is 10.9. The van der Waals surface area contributed by atoms with Gasteiger partial charge in [-0.3, -0.25) is 15.0 Å². The molecule has 1 N–H and O–H groups in total. The summed E-state index contributed by atoms with van der Waals surface area (Å²) in [7, 11) is -3.90. The summed E-state index contributed by atoms with van der Waals surface area (Å²) in [6.07, 6.45) is 4.15. The van der Waals surface area contributed by atoms with Crippen molar-refractivity contribution in [2.24, 2.45) is 0 Å². The minimum atomic E-state index is -3.90. The van der Waals surface area contributed by atoms with E-state index in [4.69, 9.17) is 0 Å². The van der Waals surface area contributed by atoms with Gasteiger partial charge < -0.3 is 5.32 Å². The molecule has 9 nitrogen and oxygen atoms in total. The Bertz CT molecular complexity index is 1490. The van der Waals surface area contributed by atoms with Crippen molar-refractivity contribution < 1.29 is 13.3 Å². The van der Waals surface area contributed by atoms with Gasteiger partial charge >= 0.3 is 5.69 Å². The standard InChI is InChI=1S/C26H27N5O4S/c1-19-16-21(12-14-29(19)18-20-8-4-2-5-9-20)28-25-23-13-15-30(26(23)27-17-24(25)31(32)33)36(34,35)22-10-6-3-7-11-22/h2-11,13,15,17,19,21H,12,14,16,18H2,1H3,(H,27,28)/t19-,21+/m0/s1. The van der Waals surface area contributed by atoms with Crippen LogP contribution >= 0.6 is 0 Å². The van der Waals surface area contributed by atoms with Crippen molar-refractivity contribution in [3.05, 3.63) is 94.8 Å². The topological polar surface area (TPSA) is 110 Å². The summed E-state index contributed by atoms with van der Waals surface area (Å²) in [5, 5.41) is 15.6. The second-order valence-electron chi connectivity index (χ2n) is 9.11. The average molecular weight is 506 g/mol. The summed E-state index contributed by atoms with van der Waals surface area (Å²) in [5.41, 5.74) is 1.54. The molecule has 0 bridgehead atoms. The number of likely N-dealkylation sites (tertiary alicyclic amines) is 1. The van der Waals surface area contributed by atoms with E-state index in [1.54, 1.807) is 24.3 Å². The monoisotopic (exact) mass is 505 g/mol. The molecule has 0 unspecified atom stereocenters. The summed E-state index contributed by atoms with van der Waals surface area (Å²) in [6, 6.07) is 20.2. The number of hydrogen-bond donors (Lipinski definition) is 1. The number of pyridine rings is 1. The normalized spacial score (nSPS) is 18.8. The van der Waals surface area contributed by atoms with Gasteiger partial charge in [0.25, 0.3) is 10.0 Å². The minimum Gasteiger partial charge on any atom is -0.376 e. The van der Waals surface area contributed by atoms with E-state index in [-0.39, 0.29) is 28.3 Å². The molecule has 5 rings (SSSR count). The van der Waals surface area contributed by atoms with E-state index in [9.17, 15) is 18.5 Å². The van der Waals surface area contributed by atoms with Crippen molar-refractivity contribution in [3.63, 3.8) is 0 Å². The van der Waals surface area contributed by atoms with E-state index in [0.29, 0.717) is 11.1 Å². The van der Waals surface area contributed by atoms with Crippen LogP contribution in [0.25, 0.3) is 11.0 Å². The van der Waals surface area contributed by atoms with Gasteiger partial charge in [0.05, 0.1) is 15.2 Å². The number of nitrogens with one attached hydrogen (secondary N) is 1. The van der Waals surface area contributed by atoms with Crippen LogP contribution in [-0.2, 0) is 16.6 Å². The number of anilines is 1. The smallest absolute Gasteiger partial charge is 0.311 e. The zero-order valence-corrected chi connectivity index (χ0v) is 20.6. The fraction of sp³-hybridized carbons (Fsp3) is 0.269. The van der Waals surface area contributed by atoms with Crippen LogP contribution in [0.1, 0.15) is 25.3 Å². The summed E-state index contributed by atoms with van der Waals surface area (Å²) in [6.45, 7) is 3.87. The van der Waals surface area contributed by atoms with Crippen molar-refractivity contribution in [2.45, 2.75) is 43.3 Å². The molecule has 4 aromatic rings. The average Bonchev–Trinajstić information content (AvgIpc) is 3.32. The van der Waals surface area contributed by atoms with Crippen molar-refractivity contribution in [3.8, 4) is 0 Å². The number of rotatable bonds is 7. The molecule has 1 aliphatic rings. The lowest BCUT2D eigenvalue weighted by Gasteiger charge is -2.38. The van der Waals surface area contributed by atoms with E-state index in [1.165, 1.54) is 23.9 Å². The molecule has 3 heterocycles. The van der Waals surface area contributed by atoms with E-state index in [2.05, 4.69) is 34.3 Å². The molecule has 186 valence electrons. The van der Waals surface area contributed by atoms with Crippen LogP contribution < -0.4 is 5.32 Å². The first-order valence-corrected chi connectivity index (χ1v) is 13.3. The van der Waals surface area contributed by atoms with Crippen molar-refractivity contribution in [1.29, 1.82) is 0 Å². The minimum absolute atomic E-state index is 0.00500. The van der Waals surface area contributed by atoms with Crippen molar-refractivity contribution in [2.75, 3.05) is 11.9 Å². The van der Waals surface area contributed by atoms with Crippen molar-refractivity contribution >= 4 is 32.4 Å². The lowest BCUT2D eigenvalue weighted by Crippen LogP contribution is -2.44. The molecular formula is C26H27N5O4S. The maximum absolute atomic E-state index is 13.2. The number of fused-ring (bicyclic) bond motifs is 1. The molecule has 0 saturated carbocycles. The molecular weight excluding hydrogens is 478 g/mol. The van der Waals surface area contributed by atoms with Gasteiger partial charge in [0, 0.05) is 31.4 Å². The van der Waals surface area contributed by atoms with Gasteiger partial charge in [-0.05, 0) is 43.5 Å². The third kappa shape index (κ3) is 4.57. The Hall–Kier alpha value is -3.76. The Kier molecular flexibility index (Phi) is 6.46. The number of benzene rings is 2. The highest BCUT2D eigenvalue weighted by molar-refractivity contribution is 7.90. The lowest BCUT2D eigenvalue weighted by molar-refractivity contribution is -0.384. The second kappa shape index (κ2) is 9.71. The molecule has 0 amide bonds. The molecule has 2 aromatic heterocycles. The third-order valence-electron chi connectivity index (χ3n) is 6.75. The zero-order valence-electron chi connectivity index (χ0n) is 19.8. The molecule has 1 aliphatic heterocycles. The van der Waals surface area contributed by atoms with Gasteiger partial charge in [-0.15, -0.1) is 0 Å². The van der Waals surface area contributed by atoms with Crippen LogP contribution in [0.5, 0.6) is 0 Å². The van der Waals surface area contributed by atoms with Gasteiger partial charge in [0.1, 0.15) is 11.9 Å². The fourth-order valence-corrected chi connectivity index (χ4v) is 6.17. The number of nitrogens with zero attached hydrogens (tertiary/aromatic N) is 4. The predicted octanol–water partition coefficient (Wildman–Crippen LogP) is 4.65. The highest BCUT2D eigenvalue weighted by atomic mass is 32.2. The Morgan fingerprint density at radius 3 is 2.44 bits per heavy atom. The SMILES string of the molecule is C[C@H]1C[C@H](Nc2c([N+](=O)[O-])cnc3c2ccn3S(=O)(=O)c2ccccc2)CCN1Cc1ccccc1. The van der Waals surface area contributed by atoms with Crippen LogP contribution in [0, 0.1) is 10.1 Å². The summed E-state index contributed by atoms with van der Waals surface area (Å²) in [5.74, 6) is 0. The Morgan fingerprint density at radius 1 is 1.08 bits per heavy atom. The Labute approximate surface area is 209 Å². The van der Waals surface area contributed by atoms with Crippen molar-refractivity contribution in [1.82, 2.24) is 13.9 Å². The van der Waals surface area contributed by atoms with Gasteiger partial charge in [-0.2, -0.15) is 0 Å². The predicted molar refractivity (Wildman–Crippen MR) is 138 cm³/mol. The first kappa shape index (κ1) is 24.0. The van der Waals surface area contributed by atoms with Crippen LogP contribution in [-0.4, -0.2) is 45.8 Å². The van der Waals surface area contributed by atoms with Gasteiger partial charge in [-0.1, -0.05) is 48.5 Å². The number of nitro groups is 1. The molecule has 1 saturated heterocycles. The largest absolute Gasteiger partial charge is 0.376 e. The fourth-order valence-electron chi connectivity index (χ4n) is 4.85. The van der Waals surface area contributed by atoms with Crippen LogP contribution in [0.3, 0.4) is 0 Å². The number of hydrogen-bond acceptors (Lipinski definition) is 7. The molecule has 36 heavy (non-hydrogen) atoms. The molecule has 10 heteroatoms. The first-order valence-electron chi connectivity index (χ1n) is 11.8. The summed E-state index contributed by atoms with van der Waals surface area (Å²) < 4.78 is 27.5. The van der Waals surface area contributed by atoms with Gasteiger partial charge in [0.15, 0.2) is 5.65 Å². The number of aromatic nitrogens is 2. The Balaban J connectivity index is 1.43. The number of piperidine rings is 1. The molecule has 1 fully saturated rings. The quantitative estimate of drug-likeness (QED) is 0.288. The summed E-state index contributed by atoms with van der Waals surface area (Å²) in [4.78, 5) is 18.1. The summed E-state index contributed by atoms with van der Waals surface area (Å²) >= 11 is 0. The van der Waals surface area contributed by atoms with Crippen LogP contribution in [0.15, 0.2) is 84.0 Å². The molecule has 2 aromatic carbocycles. The highest BCUT2D eigenvalue weighted by Gasteiger charge is 2.30. The maximum atomic E-state index is 13.2. The van der Waals surface area contributed by atoms with Crippen LogP contribution in [0.4, 0.5) is 11.4 Å². The van der Waals surface area contributed by atoms with Gasteiger partial charge in [-0.25, -0.2) is 17.4 Å². The van der Waals surface area contributed by atoms with Gasteiger partial charge in [0.2, 0.25) is 0 Å². The zero-order chi connectivity index (χ0) is 25.3. The molecule has 0 aliphatic carbocycles.